The van der Waals surface area contributed by atoms with Crippen LogP contribution in [0.15, 0.2) is 30.1 Å². The van der Waals surface area contributed by atoms with Crippen molar-refractivity contribution in [2.75, 3.05) is 7.11 Å². The van der Waals surface area contributed by atoms with Crippen LogP contribution in [0.4, 0.5) is 0 Å². The zero-order chi connectivity index (χ0) is 9.26. The molecular formula is C11H11OP. The van der Waals surface area contributed by atoms with E-state index >= 15 is 0 Å². The van der Waals surface area contributed by atoms with Crippen molar-refractivity contribution in [3.8, 4) is 5.75 Å². The predicted molar refractivity (Wildman–Crippen MR) is 57.8 cm³/mol. The second-order valence-corrected chi connectivity index (χ2v) is 4.05. The van der Waals surface area contributed by atoms with E-state index in [9.17, 15) is 0 Å². The molecule has 2 rings (SSSR count). The molecule has 0 radical (unpaired) electrons. The lowest BCUT2D eigenvalue weighted by molar-refractivity contribution is 0.415. The van der Waals surface area contributed by atoms with Gasteiger partial charge in [-0.1, -0.05) is 20.3 Å². The van der Waals surface area contributed by atoms with Crippen molar-refractivity contribution in [3.63, 3.8) is 0 Å². The van der Waals surface area contributed by atoms with Gasteiger partial charge in [0.2, 0.25) is 0 Å². The molecule has 2 heteroatoms. The Morgan fingerprint density at radius 1 is 1.23 bits per heavy atom. The third kappa shape index (κ3) is 1.52. The molecule has 0 unspecified atom stereocenters. The first-order valence-corrected chi connectivity index (χ1v) is 5.17. The molecule has 0 saturated carbocycles. The van der Waals surface area contributed by atoms with E-state index in [1.54, 1.807) is 7.11 Å². The number of hydrogen-bond donors (Lipinski definition) is 0. The first-order valence-electron chi connectivity index (χ1n) is 4.20. The summed E-state index contributed by atoms with van der Waals surface area (Å²) in [6.07, 6.45) is 0. The molecule has 0 aliphatic carbocycles. The van der Waals surface area contributed by atoms with Gasteiger partial charge in [-0.15, -0.1) is 0 Å². The fourth-order valence-corrected chi connectivity index (χ4v) is 2.45. The average Bonchev–Trinajstić information content (AvgIpc) is 2.18. The van der Waals surface area contributed by atoms with Gasteiger partial charge in [0.05, 0.1) is 7.11 Å². The highest BCUT2D eigenvalue weighted by Gasteiger charge is 1.98. The minimum absolute atomic E-state index is 0.939. The average molecular weight is 190 g/mol. The maximum atomic E-state index is 5.18. The molecule has 0 N–H and O–H groups in total. The molecule has 0 saturated heterocycles. The zero-order valence-corrected chi connectivity index (χ0v) is 8.64. The standard InChI is InChI=1S/C11H11OP/c1-8-5-6-13-11-7-9(12-2)3-4-10(8)11/h3-7H,1-2H3. The lowest BCUT2D eigenvalue weighted by Crippen LogP contribution is -1.82. The van der Waals surface area contributed by atoms with Gasteiger partial charge >= 0.3 is 0 Å². The highest BCUT2D eigenvalue weighted by Crippen LogP contribution is 2.29. The van der Waals surface area contributed by atoms with Gasteiger partial charge in [-0.2, -0.15) is 0 Å². The molecule has 0 fully saturated rings. The topological polar surface area (TPSA) is 9.23 Å². The molecule has 1 nitrogen and oxygen atoms in total. The summed E-state index contributed by atoms with van der Waals surface area (Å²) >= 11 is 0. The number of fused-ring (bicyclic) bond motifs is 1. The van der Waals surface area contributed by atoms with Crippen molar-refractivity contribution < 1.29 is 4.74 Å². The van der Waals surface area contributed by atoms with Crippen LogP contribution in [0.25, 0.3) is 10.5 Å². The highest BCUT2D eigenvalue weighted by atomic mass is 31.0. The van der Waals surface area contributed by atoms with E-state index in [4.69, 9.17) is 4.74 Å². The fourth-order valence-electron chi connectivity index (χ4n) is 1.40. The Bertz CT molecular complexity index is 437. The molecule has 1 aromatic heterocycles. The molecule has 0 amide bonds. The minimum atomic E-state index is 0.939. The van der Waals surface area contributed by atoms with E-state index in [0.29, 0.717) is 0 Å². The third-order valence-electron chi connectivity index (χ3n) is 2.17. The highest BCUT2D eigenvalue weighted by molar-refractivity contribution is 7.36. The number of methoxy groups -OCH3 is 1. The van der Waals surface area contributed by atoms with E-state index in [1.165, 1.54) is 24.3 Å². The van der Waals surface area contributed by atoms with Crippen molar-refractivity contribution in [2.24, 2.45) is 0 Å². The van der Waals surface area contributed by atoms with Crippen molar-refractivity contribution in [1.29, 1.82) is 0 Å². The zero-order valence-electron chi connectivity index (χ0n) is 7.74. The summed E-state index contributed by atoms with van der Waals surface area (Å²) in [7, 11) is 2.96. The smallest absolute Gasteiger partial charge is 0.119 e. The first kappa shape index (κ1) is 8.52. The minimum Gasteiger partial charge on any atom is -0.497 e. The van der Waals surface area contributed by atoms with Gasteiger partial charge < -0.3 is 4.74 Å². The molecule has 0 bridgehead atoms. The number of aryl methyl sites for hydroxylation is 1. The molecule has 0 aliphatic heterocycles. The summed E-state index contributed by atoms with van der Waals surface area (Å²) in [6.45, 7) is 2.14. The Hall–Kier alpha value is -1.07. The van der Waals surface area contributed by atoms with Gasteiger partial charge in [0.15, 0.2) is 0 Å². The maximum absolute atomic E-state index is 5.18. The molecule has 0 atom stereocenters. The molecular weight excluding hydrogens is 179 g/mol. The van der Waals surface area contributed by atoms with E-state index in [-0.39, 0.29) is 0 Å². The molecule has 0 aliphatic rings. The molecule has 66 valence electrons. The number of hydrogen-bond acceptors (Lipinski definition) is 1. The van der Waals surface area contributed by atoms with E-state index in [1.807, 2.05) is 6.07 Å². The molecule has 1 heterocycles. The first-order chi connectivity index (χ1) is 6.31. The Balaban J connectivity index is 2.72. The van der Waals surface area contributed by atoms with Crippen molar-refractivity contribution in [2.45, 2.75) is 6.92 Å². The van der Waals surface area contributed by atoms with Gasteiger partial charge in [0, 0.05) is 5.12 Å². The molecule has 13 heavy (non-hydrogen) atoms. The quantitative estimate of drug-likeness (QED) is 0.665. The SMILES string of the molecule is COc1ccc2c(C)ccpc2c1. The molecule has 0 spiro atoms. The van der Waals surface area contributed by atoms with Gasteiger partial charge in [-0.3, -0.25) is 0 Å². The van der Waals surface area contributed by atoms with Crippen molar-refractivity contribution >= 4 is 18.7 Å². The third-order valence-corrected chi connectivity index (χ3v) is 3.11. The Kier molecular flexibility index (Phi) is 2.20. The Morgan fingerprint density at radius 2 is 2.08 bits per heavy atom. The van der Waals surface area contributed by atoms with Gasteiger partial charge in [-0.25, -0.2) is 0 Å². The van der Waals surface area contributed by atoms with Crippen LogP contribution in [0, 0.1) is 6.92 Å². The summed E-state index contributed by atoms with van der Waals surface area (Å²) in [5.74, 6) is 3.10. The van der Waals surface area contributed by atoms with Crippen LogP contribution in [-0.2, 0) is 0 Å². The Labute approximate surface area is 79.5 Å². The van der Waals surface area contributed by atoms with Crippen molar-refractivity contribution in [1.82, 2.24) is 0 Å². The van der Waals surface area contributed by atoms with E-state index < -0.39 is 0 Å². The summed E-state index contributed by atoms with van der Waals surface area (Å²) in [5.41, 5.74) is 1.33. The lowest BCUT2D eigenvalue weighted by atomic mass is 10.2. The van der Waals surface area contributed by atoms with Crippen LogP contribution in [0.1, 0.15) is 5.56 Å². The predicted octanol–water partition coefficient (Wildman–Crippen LogP) is 3.74. The van der Waals surface area contributed by atoms with Crippen LogP contribution in [0.5, 0.6) is 5.75 Å². The second-order valence-electron chi connectivity index (χ2n) is 3.01. The number of benzene rings is 1. The van der Waals surface area contributed by atoms with Crippen molar-refractivity contribution in [3.05, 3.63) is 35.6 Å². The Morgan fingerprint density at radius 3 is 2.85 bits per heavy atom. The summed E-state index contributed by atoms with van der Waals surface area (Å²) in [5, 5.41) is 2.67. The summed E-state index contributed by atoms with van der Waals surface area (Å²) in [4.78, 5) is 0. The van der Waals surface area contributed by atoms with Gasteiger partial charge in [0.25, 0.3) is 0 Å². The van der Waals surface area contributed by atoms with Crippen LogP contribution in [0.2, 0.25) is 0 Å². The van der Waals surface area contributed by atoms with Crippen LogP contribution < -0.4 is 4.74 Å². The van der Waals surface area contributed by atoms with Crippen LogP contribution in [-0.4, -0.2) is 7.11 Å². The number of ether oxygens (including phenoxy) is 1. The van der Waals surface area contributed by atoms with E-state index in [0.717, 1.165) is 5.75 Å². The lowest BCUT2D eigenvalue weighted by Gasteiger charge is -2.03. The number of rotatable bonds is 1. The monoisotopic (exact) mass is 190 g/mol. The van der Waals surface area contributed by atoms with Gasteiger partial charge in [-0.05, 0) is 35.8 Å². The molecule has 1 aromatic carbocycles. The normalized spacial score (nSPS) is 10.9. The second kappa shape index (κ2) is 3.35. The van der Waals surface area contributed by atoms with Gasteiger partial charge in [0.1, 0.15) is 5.75 Å². The van der Waals surface area contributed by atoms with Crippen LogP contribution in [0.3, 0.4) is 0 Å². The van der Waals surface area contributed by atoms with E-state index in [2.05, 4.69) is 30.9 Å². The largest absolute Gasteiger partial charge is 0.497 e. The summed E-state index contributed by atoms with van der Waals surface area (Å²) < 4.78 is 5.18. The fraction of sp³-hybridized carbons (Fsp3) is 0.182. The summed E-state index contributed by atoms with van der Waals surface area (Å²) in [6, 6.07) is 8.40. The molecule has 2 aromatic rings. The van der Waals surface area contributed by atoms with Crippen LogP contribution >= 0.6 is 8.19 Å². The maximum Gasteiger partial charge on any atom is 0.119 e.